The third kappa shape index (κ3) is 2.53. The van der Waals surface area contributed by atoms with Gasteiger partial charge in [-0.3, -0.25) is 0 Å². The minimum atomic E-state index is -0.109. The summed E-state index contributed by atoms with van der Waals surface area (Å²) in [6.07, 6.45) is 10.00. The quantitative estimate of drug-likeness (QED) is 0.818. The lowest BCUT2D eigenvalue weighted by Gasteiger charge is -2.50. The maximum atomic E-state index is 10.9. The van der Waals surface area contributed by atoms with Gasteiger partial charge >= 0.3 is 0 Å². The fourth-order valence-corrected chi connectivity index (χ4v) is 4.22. The average molecular weight is 239 g/mol. The van der Waals surface area contributed by atoms with E-state index in [1.807, 2.05) is 0 Å². The summed E-state index contributed by atoms with van der Waals surface area (Å²) < 4.78 is 0. The summed E-state index contributed by atoms with van der Waals surface area (Å²) in [5.74, 6) is 1.32. The summed E-state index contributed by atoms with van der Waals surface area (Å²) in [6, 6.07) is 0. The first-order valence-corrected chi connectivity index (χ1v) is 7.42. The van der Waals surface area contributed by atoms with Crippen LogP contribution in [0.5, 0.6) is 0 Å². The Hall–Kier alpha value is -0.0800. The van der Waals surface area contributed by atoms with Crippen LogP contribution in [0.25, 0.3) is 0 Å². The molecule has 1 N–H and O–H groups in total. The molecule has 0 heterocycles. The van der Waals surface area contributed by atoms with Crippen LogP contribution in [0.2, 0.25) is 0 Å². The predicted molar refractivity (Wildman–Crippen MR) is 72.0 cm³/mol. The first-order chi connectivity index (χ1) is 8.06. The smallest absolute Gasteiger partial charge is 0.0751 e. The van der Waals surface area contributed by atoms with E-state index in [2.05, 4.69) is 25.9 Å². The van der Waals surface area contributed by atoms with Crippen LogP contribution < -0.4 is 0 Å². The first-order valence-electron chi connectivity index (χ1n) is 7.42. The lowest BCUT2D eigenvalue weighted by Crippen LogP contribution is -2.58. The van der Waals surface area contributed by atoms with E-state index in [0.717, 1.165) is 5.92 Å². The molecular formula is C15H29NO. The van der Waals surface area contributed by atoms with Crippen molar-refractivity contribution in [2.24, 2.45) is 11.8 Å². The molecule has 0 aromatic carbocycles. The summed E-state index contributed by atoms with van der Waals surface area (Å²) in [7, 11) is 4.33. The van der Waals surface area contributed by atoms with Crippen molar-refractivity contribution < 1.29 is 5.11 Å². The van der Waals surface area contributed by atoms with E-state index >= 15 is 0 Å². The van der Waals surface area contributed by atoms with Gasteiger partial charge in [0.2, 0.25) is 0 Å². The molecule has 0 bridgehead atoms. The van der Waals surface area contributed by atoms with Crippen LogP contribution in [-0.2, 0) is 0 Å². The molecule has 0 spiro atoms. The molecule has 3 atom stereocenters. The number of hydrogen-bond donors (Lipinski definition) is 1. The first kappa shape index (κ1) is 13.4. The van der Waals surface area contributed by atoms with Gasteiger partial charge in [0.15, 0.2) is 0 Å². The van der Waals surface area contributed by atoms with Gasteiger partial charge in [0.1, 0.15) is 0 Å². The number of likely N-dealkylation sites (N-methyl/N-ethyl adjacent to an activating group) is 1. The Morgan fingerprint density at radius 3 is 2.29 bits per heavy atom. The molecule has 2 rings (SSSR count). The molecule has 2 fully saturated rings. The van der Waals surface area contributed by atoms with Crippen molar-refractivity contribution in [3.05, 3.63) is 0 Å². The summed E-state index contributed by atoms with van der Waals surface area (Å²) in [5.41, 5.74) is 0.0622. The van der Waals surface area contributed by atoms with Crippen molar-refractivity contribution in [2.45, 2.75) is 69.9 Å². The van der Waals surface area contributed by atoms with Gasteiger partial charge in [-0.1, -0.05) is 32.6 Å². The maximum absolute atomic E-state index is 10.9. The minimum Gasteiger partial charge on any atom is -0.391 e. The van der Waals surface area contributed by atoms with Crippen molar-refractivity contribution in [1.82, 2.24) is 4.90 Å². The van der Waals surface area contributed by atoms with E-state index < -0.39 is 0 Å². The third-order valence-corrected chi connectivity index (χ3v) is 5.30. The van der Waals surface area contributed by atoms with Crippen molar-refractivity contribution in [3.8, 4) is 0 Å². The van der Waals surface area contributed by atoms with Crippen molar-refractivity contribution in [1.29, 1.82) is 0 Å². The van der Waals surface area contributed by atoms with Gasteiger partial charge in [-0.2, -0.15) is 0 Å². The fourth-order valence-electron chi connectivity index (χ4n) is 4.22. The summed E-state index contributed by atoms with van der Waals surface area (Å²) in [4.78, 5) is 2.33. The molecule has 2 aliphatic carbocycles. The molecule has 100 valence electrons. The number of nitrogens with zero attached hydrogens (tertiary/aromatic N) is 1. The molecule has 2 saturated carbocycles. The Morgan fingerprint density at radius 2 is 1.76 bits per heavy atom. The summed E-state index contributed by atoms with van der Waals surface area (Å²) in [5, 5.41) is 10.9. The SMILES string of the molecule is CC1CCCC(C(O)C2CCCC2)(N(C)C)C1. The van der Waals surface area contributed by atoms with Crippen LogP contribution in [0, 0.1) is 11.8 Å². The normalized spacial score (nSPS) is 37.6. The number of rotatable bonds is 3. The van der Waals surface area contributed by atoms with E-state index in [1.54, 1.807) is 0 Å². The molecule has 17 heavy (non-hydrogen) atoms. The molecule has 0 saturated heterocycles. The Morgan fingerprint density at radius 1 is 1.12 bits per heavy atom. The zero-order chi connectivity index (χ0) is 12.5. The largest absolute Gasteiger partial charge is 0.391 e. The maximum Gasteiger partial charge on any atom is 0.0751 e. The molecule has 3 unspecified atom stereocenters. The van der Waals surface area contributed by atoms with Crippen LogP contribution >= 0.6 is 0 Å². The predicted octanol–water partition coefficient (Wildman–Crippen LogP) is 3.05. The van der Waals surface area contributed by atoms with Crippen molar-refractivity contribution >= 4 is 0 Å². The average Bonchev–Trinajstić information content (AvgIpc) is 2.81. The molecule has 0 radical (unpaired) electrons. The molecule has 0 aliphatic heterocycles. The second-order valence-corrected chi connectivity index (χ2v) is 6.69. The van der Waals surface area contributed by atoms with Crippen LogP contribution in [0.15, 0.2) is 0 Å². The van der Waals surface area contributed by atoms with Gasteiger partial charge in [0, 0.05) is 5.54 Å². The molecular weight excluding hydrogens is 210 g/mol. The lowest BCUT2D eigenvalue weighted by molar-refractivity contribution is -0.0702. The van der Waals surface area contributed by atoms with Gasteiger partial charge in [-0.25, -0.2) is 0 Å². The van der Waals surface area contributed by atoms with Gasteiger partial charge in [-0.15, -0.1) is 0 Å². The van der Waals surface area contributed by atoms with Crippen molar-refractivity contribution in [3.63, 3.8) is 0 Å². The third-order valence-electron chi connectivity index (χ3n) is 5.30. The zero-order valence-electron chi connectivity index (χ0n) is 11.8. The highest BCUT2D eigenvalue weighted by Crippen LogP contribution is 2.43. The van der Waals surface area contributed by atoms with E-state index in [4.69, 9.17) is 0 Å². The topological polar surface area (TPSA) is 23.5 Å². The second-order valence-electron chi connectivity index (χ2n) is 6.69. The van der Waals surface area contributed by atoms with Gasteiger partial charge in [-0.05, 0) is 51.6 Å². The molecule has 2 nitrogen and oxygen atoms in total. The molecule has 2 aliphatic rings. The van der Waals surface area contributed by atoms with Crippen LogP contribution in [-0.4, -0.2) is 35.7 Å². The summed E-state index contributed by atoms with van der Waals surface area (Å²) in [6.45, 7) is 2.35. The summed E-state index contributed by atoms with van der Waals surface area (Å²) >= 11 is 0. The number of aliphatic hydroxyl groups excluding tert-OH is 1. The van der Waals surface area contributed by atoms with E-state index in [9.17, 15) is 5.11 Å². The van der Waals surface area contributed by atoms with Crippen molar-refractivity contribution in [2.75, 3.05) is 14.1 Å². The molecule has 2 heteroatoms. The van der Waals surface area contributed by atoms with Crippen LogP contribution in [0.4, 0.5) is 0 Å². The Bertz CT molecular complexity index is 247. The number of aliphatic hydroxyl groups is 1. The van der Waals surface area contributed by atoms with E-state index in [-0.39, 0.29) is 11.6 Å². The highest BCUT2D eigenvalue weighted by atomic mass is 16.3. The Labute approximate surface area is 106 Å². The highest BCUT2D eigenvalue weighted by molar-refractivity contribution is 5.01. The monoisotopic (exact) mass is 239 g/mol. The molecule has 0 aromatic heterocycles. The second kappa shape index (κ2) is 5.27. The lowest BCUT2D eigenvalue weighted by atomic mass is 9.69. The standard InChI is InChI=1S/C15H29NO/c1-12-7-6-10-15(11-12,16(2)3)14(17)13-8-4-5-9-13/h12-14,17H,4-11H2,1-3H3. The van der Waals surface area contributed by atoms with Gasteiger partial charge in [0.25, 0.3) is 0 Å². The number of hydrogen-bond acceptors (Lipinski definition) is 2. The highest BCUT2D eigenvalue weighted by Gasteiger charge is 2.46. The van der Waals surface area contributed by atoms with Crippen LogP contribution in [0.3, 0.4) is 0 Å². The fraction of sp³-hybridized carbons (Fsp3) is 1.00. The molecule has 0 aromatic rings. The minimum absolute atomic E-state index is 0.0622. The van der Waals surface area contributed by atoms with E-state index in [1.165, 1.54) is 51.4 Å². The zero-order valence-corrected chi connectivity index (χ0v) is 11.8. The Balaban J connectivity index is 2.14. The van der Waals surface area contributed by atoms with Gasteiger partial charge in [0.05, 0.1) is 6.10 Å². The molecule has 0 amide bonds. The van der Waals surface area contributed by atoms with Crippen LogP contribution in [0.1, 0.15) is 58.3 Å². The Kier molecular flexibility index (Phi) is 4.14. The van der Waals surface area contributed by atoms with E-state index in [0.29, 0.717) is 5.92 Å². The van der Waals surface area contributed by atoms with Gasteiger partial charge < -0.3 is 10.0 Å².